The van der Waals surface area contributed by atoms with E-state index >= 15 is 0 Å². The Morgan fingerprint density at radius 2 is 1.86 bits per heavy atom. The first-order valence-corrected chi connectivity index (χ1v) is 6.88. The van der Waals surface area contributed by atoms with Gasteiger partial charge in [0.25, 0.3) is 0 Å². The van der Waals surface area contributed by atoms with Gasteiger partial charge in [0.1, 0.15) is 11.6 Å². The van der Waals surface area contributed by atoms with Gasteiger partial charge >= 0.3 is 0 Å². The van der Waals surface area contributed by atoms with E-state index in [4.69, 9.17) is 25.4 Å². The highest BCUT2D eigenvalue weighted by Gasteiger charge is 2.32. The average molecular weight is 293 g/mol. The van der Waals surface area contributed by atoms with E-state index in [0.717, 1.165) is 25.2 Å². The maximum absolute atomic E-state index is 7.53. The zero-order valence-corrected chi connectivity index (χ0v) is 12.8. The smallest absolute Gasteiger partial charge is 0.130 e. The Labute approximate surface area is 125 Å². The fraction of sp³-hybridized carbons (Fsp3) is 0.533. The van der Waals surface area contributed by atoms with Crippen LogP contribution >= 0.6 is 0 Å². The summed E-state index contributed by atoms with van der Waals surface area (Å²) in [4.78, 5) is 2.28. The zero-order chi connectivity index (χ0) is 15.4. The molecule has 6 nitrogen and oxygen atoms in total. The molecule has 2 unspecified atom stereocenters. The highest BCUT2D eigenvalue weighted by atomic mass is 16.5. The topological polar surface area (TPSA) is 80.8 Å². The summed E-state index contributed by atoms with van der Waals surface area (Å²) in [6.07, 6.45) is 0.210. The van der Waals surface area contributed by atoms with Crippen LogP contribution in [0.5, 0.6) is 5.75 Å². The van der Waals surface area contributed by atoms with E-state index in [0.29, 0.717) is 11.3 Å². The van der Waals surface area contributed by atoms with Crippen LogP contribution in [-0.4, -0.2) is 57.4 Å². The molecule has 1 aromatic carbocycles. The zero-order valence-electron chi connectivity index (χ0n) is 12.8. The SMILES string of the molecule is COc1cc(CN2CC(OC)C(OC)C2)ccc1C(=N)N. The Kier molecular flexibility index (Phi) is 5.17. The monoisotopic (exact) mass is 293 g/mol. The van der Waals surface area contributed by atoms with Gasteiger partial charge in [-0.15, -0.1) is 0 Å². The molecule has 1 saturated heterocycles. The standard InChI is InChI=1S/C15H23N3O3/c1-19-12-6-10(4-5-11(12)15(16)17)7-18-8-13(20-2)14(9-18)21-3/h4-6,13-14H,7-9H2,1-3H3,(H3,16,17). The third-order valence-electron chi connectivity index (χ3n) is 3.86. The Hall–Kier alpha value is -1.63. The summed E-state index contributed by atoms with van der Waals surface area (Å²) in [7, 11) is 5.01. The summed E-state index contributed by atoms with van der Waals surface area (Å²) >= 11 is 0. The Morgan fingerprint density at radius 1 is 1.24 bits per heavy atom. The van der Waals surface area contributed by atoms with Gasteiger partial charge in [0.2, 0.25) is 0 Å². The highest BCUT2D eigenvalue weighted by Crippen LogP contribution is 2.23. The Morgan fingerprint density at radius 3 is 2.33 bits per heavy atom. The van der Waals surface area contributed by atoms with Crippen LogP contribution in [-0.2, 0) is 16.0 Å². The van der Waals surface area contributed by atoms with Gasteiger partial charge in [0.05, 0.1) is 24.9 Å². The van der Waals surface area contributed by atoms with Gasteiger partial charge in [0, 0.05) is 33.9 Å². The summed E-state index contributed by atoms with van der Waals surface area (Å²) in [5.74, 6) is 0.643. The number of nitrogens with two attached hydrogens (primary N) is 1. The fourth-order valence-corrected chi connectivity index (χ4v) is 2.72. The van der Waals surface area contributed by atoms with Crippen LogP contribution in [0, 0.1) is 5.41 Å². The molecule has 1 fully saturated rings. The van der Waals surface area contributed by atoms with Crippen LogP contribution in [0.2, 0.25) is 0 Å². The van der Waals surface area contributed by atoms with Gasteiger partial charge in [0.15, 0.2) is 0 Å². The summed E-state index contributed by atoms with van der Waals surface area (Å²) < 4.78 is 16.2. The first kappa shape index (κ1) is 15.8. The quantitative estimate of drug-likeness (QED) is 0.599. The van der Waals surface area contributed by atoms with E-state index in [1.54, 1.807) is 21.3 Å². The van der Waals surface area contributed by atoms with Crippen molar-refractivity contribution in [2.24, 2.45) is 5.73 Å². The molecule has 1 heterocycles. The molecule has 0 spiro atoms. The summed E-state index contributed by atoms with van der Waals surface area (Å²) in [5, 5.41) is 7.53. The maximum atomic E-state index is 7.53. The molecule has 116 valence electrons. The number of nitrogens with one attached hydrogen (secondary N) is 1. The molecule has 1 aliphatic rings. The molecule has 21 heavy (non-hydrogen) atoms. The highest BCUT2D eigenvalue weighted by molar-refractivity contribution is 5.97. The second-order valence-electron chi connectivity index (χ2n) is 5.19. The lowest BCUT2D eigenvalue weighted by Crippen LogP contribution is -2.27. The van der Waals surface area contributed by atoms with Crippen LogP contribution < -0.4 is 10.5 Å². The number of hydrogen-bond donors (Lipinski definition) is 2. The van der Waals surface area contributed by atoms with Crippen LogP contribution in [0.25, 0.3) is 0 Å². The van der Waals surface area contributed by atoms with Gasteiger partial charge in [-0.05, 0) is 17.7 Å². The second-order valence-corrected chi connectivity index (χ2v) is 5.19. The predicted molar refractivity (Wildman–Crippen MR) is 80.9 cm³/mol. The minimum Gasteiger partial charge on any atom is -0.496 e. The molecule has 0 radical (unpaired) electrons. The number of rotatable bonds is 6. The number of nitrogens with zero attached hydrogens (tertiary/aromatic N) is 1. The van der Waals surface area contributed by atoms with E-state index in [1.807, 2.05) is 18.2 Å². The molecule has 2 atom stereocenters. The van der Waals surface area contributed by atoms with Crippen LogP contribution in [0.3, 0.4) is 0 Å². The summed E-state index contributed by atoms with van der Waals surface area (Å²) in [5.41, 5.74) is 7.27. The molecule has 1 aliphatic heterocycles. The van der Waals surface area contributed by atoms with E-state index in [1.165, 1.54) is 0 Å². The van der Waals surface area contributed by atoms with Crippen molar-refractivity contribution in [3.63, 3.8) is 0 Å². The van der Waals surface area contributed by atoms with Gasteiger partial charge < -0.3 is 19.9 Å². The van der Waals surface area contributed by atoms with E-state index in [-0.39, 0.29) is 18.0 Å². The Balaban J connectivity index is 2.08. The molecule has 3 N–H and O–H groups in total. The van der Waals surface area contributed by atoms with Gasteiger partial charge in [-0.3, -0.25) is 10.3 Å². The number of hydrogen-bond acceptors (Lipinski definition) is 5. The average Bonchev–Trinajstić information content (AvgIpc) is 2.88. The lowest BCUT2D eigenvalue weighted by atomic mass is 10.1. The number of ether oxygens (including phenoxy) is 3. The van der Waals surface area contributed by atoms with Gasteiger partial charge in [-0.25, -0.2) is 0 Å². The summed E-state index contributed by atoms with van der Waals surface area (Å²) in [6, 6.07) is 5.73. The lowest BCUT2D eigenvalue weighted by Gasteiger charge is -2.16. The van der Waals surface area contributed by atoms with Crippen LogP contribution in [0.4, 0.5) is 0 Å². The fourth-order valence-electron chi connectivity index (χ4n) is 2.72. The van der Waals surface area contributed by atoms with Gasteiger partial charge in [-0.2, -0.15) is 0 Å². The van der Waals surface area contributed by atoms with E-state index in [9.17, 15) is 0 Å². The maximum Gasteiger partial charge on any atom is 0.130 e. The number of methoxy groups -OCH3 is 3. The minimum absolute atomic E-state index is 0.0125. The second kappa shape index (κ2) is 6.89. The van der Waals surface area contributed by atoms with Crippen molar-refractivity contribution in [1.29, 1.82) is 5.41 Å². The molecule has 0 aliphatic carbocycles. The molecule has 0 saturated carbocycles. The van der Waals surface area contributed by atoms with Crippen molar-refractivity contribution in [3.8, 4) is 5.75 Å². The van der Waals surface area contributed by atoms with Crippen molar-refractivity contribution in [3.05, 3.63) is 29.3 Å². The molecule has 6 heteroatoms. The third-order valence-corrected chi connectivity index (χ3v) is 3.86. The van der Waals surface area contributed by atoms with Crippen molar-refractivity contribution < 1.29 is 14.2 Å². The molecule has 2 rings (SSSR count). The molecule has 0 amide bonds. The van der Waals surface area contributed by atoms with Crippen LogP contribution in [0.1, 0.15) is 11.1 Å². The lowest BCUT2D eigenvalue weighted by molar-refractivity contribution is -0.00461. The van der Waals surface area contributed by atoms with Crippen LogP contribution in [0.15, 0.2) is 18.2 Å². The van der Waals surface area contributed by atoms with Crippen molar-refractivity contribution in [2.75, 3.05) is 34.4 Å². The minimum atomic E-state index is 0.0125. The summed E-state index contributed by atoms with van der Waals surface area (Å²) in [6.45, 7) is 2.46. The van der Waals surface area contributed by atoms with Crippen molar-refractivity contribution >= 4 is 5.84 Å². The molecular weight excluding hydrogens is 270 g/mol. The molecular formula is C15H23N3O3. The number of benzene rings is 1. The first-order valence-electron chi connectivity index (χ1n) is 6.88. The van der Waals surface area contributed by atoms with Crippen molar-refractivity contribution in [2.45, 2.75) is 18.8 Å². The number of nitrogen functional groups attached to an aromatic ring is 1. The Bertz CT molecular complexity index is 495. The number of amidine groups is 1. The number of likely N-dealkylation sites (tertiary alicyclic amines) is 1. The first-order chi connectivity index (χ1) is 10.1. The predicted octanol–water partition coefficient (Wildman–Crippen LogP) is 0.825. The van der Waals surface area contributed by atoms with E-state index in [2.05, 4.69) is 4.90 Å². The van der Waals surface area contributed by atoms with Crippen molar-refractivity contribution in [1.82, 2.24) is 4.90 Å². The van der Waals surface area contributed by atoms with Gasteiger partial charge in [-0.1, -0.05) is 6.07 Å². The van der Waals surface area contributed by atoms with E-state index < -0.39 is 0 Å². The largest absolute Gasteiger partial charge is 0.496 e. The normalized spacial score (nSPS) is 22.4. The third kappa shape index (κ3) is 3.53. The molecule has 0 bridgehead atoms. The molecule has 1 aromatic rings. The molecule has 0 aromatic heterocycles.